The van der Waals surface area contributed by atoms with Gasteiger partial charge in [0.2, 0.25) is 0 Å². The van der Waals surface area contributed by atoms with E-state index in [1.807, 2.05) is 37.4 Å². The molecule has 0 aliphatic rings. The number of fused-ring (bicyclic) bond motifs is 1. The van der Waals surface area contributed by atoms with Crippen LogP contribution in [0.15, 0.2) is 30.5 Å². The molecule has 0 aliphatic carbocycles. The van der Waals surface area contributed by atoms with Gasteiger partial charge in [0.15, 0.2) is 0 Å². The third-order valence-electron chi connectivity index (χ3n) is 2.85. The molecule has 92 valence electrons. The first kappa shape index (κ1) is 7.93. The summed E-state index contributed by atoms with van der Waals surface area (Å²) >= 11 is 0. The largest absolute Gasteiger partial charge is 0.361 e. The Morgan fingerprint density at radius 3 is 2.88 bits per heavy atom. The van der Waals surface area contributed by atoms with Crippen LogP contribution >= 0.6 is 0 Å². The van der Waals surface area contributed by atoms with Gasteiger partial charge in [-0.25, -0.2) is 0 Å². The average molecular weight is 234 g/mol. The van der Waals surface area contributed by atoms with E-state index in [2.05, 4.69) is 4.98 Å². The first-order valence-corrected chi connectivity index (χ1v) is 6.08. The summed E-state index contributed by atoms with van der Waals surface area (Å²) in [5.41, 5.74) is 1.85. The minimum Gasteiger partial charge on any atom is -0.361 e. The molecule has 0 radical (unpaired) electrons. The molecule has 1 N–H and O–H groups in total. The molecule has 0 saturated heterocycles. The number of nitrogens with one attached hydrogen (secondary N) is 1. The number of hydrogen-bond donors (Lipinski definition) is 1. The summed E-state index contributed by atoms with van der Waals surface area (Å²) < 4.78 is 32.4. The second kappa shape index (κ2) is 5.87. The number of H-pyrrole nitrogens is 1. The molecule has 0 unspecified atom stereocenters. The highest BCUT2D eigenvalue weighted by Crippen LogP contribution is 2.18. The van der Waals surface area contributed by atoms with Crippen LogP contribution in [0.5, 0.6) is 0 Å². The number of rotatable bonds is 6. The lowest BCUT2D eigenvalue weighted by Crippen LogP contribution is -2.26. The van der Waals surface area contributed by atoms with Crippen molar-refractivity contribution in [2.45, 2.75) is 26.7 Å². The normalized spacial score (nSPS) is 16.6. The number of aromatic amines is 1. The summed E-state index contributed by atoms with van der Waals surface area (Å²) in [6, 6.07) is 7.78. The van der Waals surface area contributed by atoms with Gasteiger partial charge in [0.05, 0.1) is 0 Å². The fourth-order valence-corrected chi connectivity index (χ4v) is 1.95. The molecule has 2 nitrogen and oxygen atoms in total. The minimum absolute atomic E-state index is 0.157. The molecule has 2 heteroatoms. The lowest BCUT2D eigenvalue weighted by atomic mass is 10.1. The van der Waals surface area contributed by atoms with Crippen molar-refractivity contribution in [3.63, 3.8) is 0 Å². The third kappa shape index (κ3) is 2.89. The van der Waals surface area contributed by atoms with Crippen molar-refractivity contribution < 1.29 is 5.48 Å². The van der Waals surface area contributed by atoms with Crippen molar-refractivity contribution in [3.05, 3.63) is 36.0 Å². The van der Waals surface area contributed by atoms with Gasteiger partial charge in [-0.1, -0.05) is 32.0 Å². The van der Waals surface area contributed by atoms with E-state index in [0.717, 1.165) is 16.5 Å². The maximum absolute atomic E-state index is 8.33. The number of hydrogen-bond acceptors (Lipinski definition) is 1. The van der Waals surface area contributed by atoms with E-state index in [4.69, 9.17) is 5.48 Å². The molecule has 0 aliphatic heterocycles. The van der Waals surface area contributed by atoms with Gasteiger partial charge in [-0.3, -0.25) is 0 Å². The summed E-state index contributed by atoms with van der Waals surface area (Å²) in [5, 5.41) is 0.995. The van der Waals surface area contributed by atoms with E-state index >= 15 is 0 Å². The zero-order valence-corrected chi connectivity index (χ0v) is 10.5. The lowest BCUT2D eigenvalue weighted by Gasteiger charge is -2.18. The van der Waals surface area contributed by atoms with Crippen molar-refractivity contribution in [2.75, 3.05) is 19.5 Å². The van der Waals surface area contributed by atoms with Gasteiger partial charge in [0.25, 0.3) is 0 Å². The minimum atomic E-state index is -1.74. The maximum Gasteiger partial charge on any atom is 0.0456 e. The average Bonchev–Trinajstić information content (AvgIpc) is 2.77. The third-order valence-corrected chi connectivity index (χ3v) is 2.85. The van der Waals surface area contributed by atoms with Crippen LogP contribution in [0.2, 0.25) is 0 Å². The highest BCUT2D eigenvalue weighted by Gasteiger charge is 2.05. The number of likely N-dealkylation sites (N-methyl/N-ethyl adjacent to an activating group) is 1. The first-order valence-electron chi connectivity index (χ1n) is 8.08. The van der Waals surface area contributed by atoms with E-state index in [1.165, 1.54) is 11.8 Å². The van der Waals surface area contributed by atoms with Crippen molar-refractivity contribution in [1.82, 2.24) is 9.88 Å². The van der Waals surface area contributed by atoms with E-state index in [9.17, 15) is 0 Å². The molecule has 0 fully saturated rings. The van der Waals surface area contributed by atoms with Gasteiger partial charge in [-0.2, -0.15) is 0 Å². The molecule has 0 saturated carbocycles. The van der Waals surface area contributed by atoms with Gasteiger partial charge in [0.1, 0.15) is 0 Å². The zero-order valence-electron chi connectivity index (χ0n) is 14.5. The van der Waals surface area contributed by atoms with Crippen molar-refractivity contribution in [1.29, 1.82) is 0 Å². The molecule has 17 heavy (non-hydrogen) atoms. The smallest absolute Gasteiger partial charge is 0.0456 e. The maximum atomic E-state index is 8.33. The van der Waals surface area contributed by atoms with Crippen LogP contribution in [0.4, 0.5) is 0 Å². The highest BCUT2D eigenvalue weighted by molar-refractivity contribution is 5.83. The van der Waals surface area contributed by atoms with E-state index in [1.54, 1.807) is 0 Å². The van der Waals surface area contributed by atoms with E-state index < -0.39 is 13.0 Å². The molecule has 0 spiro atoms. The number of nitrogens with zero attached hydrogens (tertiary/aromatic N) is 1. The zero-order chi connectivity index (χ0) is 15.7. The standard InChI is InChI=1S/C15H22N2/c1-3-10-17(4-2)11-9-13-12-16-15-8-6-5-7-14(13)15/h5-8,12,16H,3-4,9-11H2,1-2H3/i4D2,11D2. The quantitative estimate of drug-likeness (QED) is 0.811. The monoisotopic (exact) mass is 234 g/mol. The SMILES string of the molecule is [2H]C([2H])(C)N(CCC)C([2H])([2H])Cc1c[nH]c2ccccc12. The van der Waals surface area contributed by atoms with Crippen LogP contribution < -0.4 is 0 Å². The van der Waals surface area contributed by atoms with E-state index in [0.29, 0.717) is 13.0 Å². The van der Waals surface area contributed by atoms with Crippen molar-refractivity contribution in [3.8, 4) is 0 Å². The van der Waals surface area contributed by atoms with E-state index in [-0.39, 0.29) is 6.42 Å². The summed E-state index contributed by atoms with van der Waals surface area (Å²) in [4.78, 5) is 4.45. The lowest BCUT2D eigenvalue weighted by molar-refractivity contribution is 0.293. The van der Waals surface area contributed by atoms with Crippen LogP contribution in [0, 0.1) is 0 Å². The molecule has 2 aromatic rings. The fraction of sp³-hybridized carbons (Fsp3) is 0.467. The Balaban J connectivity index is 2.30. The van der Waals surface area contributed by atoms with Crippen LogP contribution in [-0.2, 0) is 6.42 Å². The molecular weight excluding hydrogens is 208 g/mol. The molecule has 0 amide bonds. The molecule has 0 bridgehead atoms. The Kier molecular flexibility index (Phi) is 2.74. The molecular formula is C15H22N2. The van der Waals surface area contributed by atoms with Crippen LogP contribution in [0.25, 0.3) is 10.9 Å². The van der Waals surface area contributed by atoms with Gasteiger partial charge in [0, 0.05) is 29.1 Å². The second-order valence-electron chi connectivity index (χ2n) is 4.07. The molecule has 1 heterocycles. The predicted octanol–water partition coefficient (Wildman–Crippen LogP) is 3.44. The number of benzene rings is 1. The Hall–Kier alpha value is -1.28. The Labute approximate surface area is 109 Å². The Bertz CT molecular complexity index is 601. The summed E-state index contributed by atoms with van der Waals surface area (Å²) in [6.45, 7) is 0.305. The number of aryl methyl sites for hydroxylation is 1. The van der Waals surface area contributed by atoms with Crippen LogP contribution in [-0.4, -0.2) is 29.4 Å². The molecule has 1 aromatic heterocycles. The topological polar surface area (TPSA) is 19.0 Å². The van der Waals surface area contributed by atoms with Gasteiger partial charge >= 0.3 is 0 Å². The summed E-state index contributed by atoms with van der Waals surface area (Å²) in [5.74, 6) is 0. The fourth-order valence-electron chi connectivity index (χ4n) is 1.95. The summed E-state index contributed by atoms with van der Waals surface area (Å²) in [6.07, 6.45) is 2.68. The van der Waals surface area contributed by atoms with Gasteiger partial charge < -0.3 is 9.88 Å². The van der Waals surface area contributed by atoms with Gasteiger partial charge in [-0.05, 0) is 37.5 Å². The summed E-state index contributed by atoms with van der Waals surface area (Å²) in [7, 11) is 0. The van der Waals surface area contributed by atoms with Crippen molar-refractivity contribution in [2.24, 2.45) is 0 Å². The molecule has 2 rings (SSSR count). The Morgan fingerprint density at radius 2 is 2.12 bits per heavy atom. The van der Waals surface area contributed by atoms with Crippen LogP contribution in [0.1, 0.15) is 31.3 Å². The Morgan fingerprint density at radius 1 is 1.29 bits per heavy atom. The number of aromatic nitrogens is 1. The van der Waals surface area contributed by atoms with Gasteiger partial charge in [-0.15, -0.1) is 0 Å². The predicted molar refractivity (Wildman–Crippen MR) is 74.4 cm³/mol. The number of para-hydroxylation sites is 1. The first-order chi connectivity index (χ1) is 9.75. The molecule has 1 aromatic carbocycles. The molecule has 0 atom stereocenters. The second-order valence-corrected chi connectivity index (χ2v) is 4.07. The highest BCUT2D eigenvalue weighted by atomic mass is 15.1. The van der Waals surface area contributed by atoms with Crippen molar-refractivity contribution >= 4 is 10.9 Å². The van der Waals surface area contributed by atoms with Crippen LogP contribution in [0.3, 0.4) is 0 Å².